The van der Waals surface area contributed by atoms with E-state index in [-0.39, 0.29) is 30.8 Å². The molecule has 1 N–H and O–H groups in total. The number of likely N-dealkylation sites (N-methyl/N-ethyl adjacent to an activating group) is 1. The van der Waals surface area contributed by atoms with Crippen molar-refractivity contribution in [2.75, 3.05) is 20.2 Å². The Labute approximate surface area is 269 Å². The molecule has 1 saturated heterocycles. The highest BCUT2D eigenvalue weighted by Gasteiger charge is 2.41. The van der Waals surface area contributed by atoms with Crippen LogP contribution in [0.25, 0.3) is 17.0 Å². The summed E-state index contributed by atoms with van der Waals surface area (Å²) in [5.74, 6) is -0.477. The number of thioether (sulfide) groups is 1. The largest absolute Gasteiger partial charge is 0.444 e. The number of aliphatic hydroxyl groups excluding tert-OH is 1. The number of amides is 2. The SMILES string of the molecule is CN(C1=NC(=O)C(=Cc2ccc3c(cnn3Cc3ccc(C(F)(F)F)cc3C(F)(F)F)c2)S1)C1CC(CO)N(C(=O)OC(C)(C)C)C1. The minimum Gasteiger partial charge on any atom is -0.444 e. The minimum absolute atomic E-state index is 0.101. The third kappa shape index (κ3) is 7.59. The van der Waals surface area contributed by atoms with Crippen molar-refractivity contribution in [3.8, 4) is 0 Å². The first-order valence-corrected chi connectivity index (χ1v) is 15.2. The van der Waals surface area contributed by atoms with E-state index in [1.165, 1.54) is 15.8 Å². The van der Waals surface area contributed by atoms with E-state index < -0.39 is 53.7 Å². The topological polar surface area (TPSA) is 100 Å². The third-order valence-corrected chi connectivity index (χ3v) is 8.79. The number of carbonyl (C=O) groups is 2. The Balaban J connectivity index is 1.30. The van der Waals surface area contributed by atoms with E-state index in [2.05, 4.69) is 10.1 Å². The zero-order chi connectivity index (χ0) is 34.5. The van der Waals surface area contributed by atoms with Gasteiger partial charge in [-0.1, -0.05) is 12.1 Å². The maximum atomic E-state index is 13.7. The van der Waals surface area contributed by atoms with Gasteiger partial charge in [0.2, 0.25) is 0 Å². The highest BCUT2D eigenvalue weighted by molar-refractivity contribution is 8.18. The lowest BCUT2D eigenvalue weighted by Gasteiger charge is -2.28. The van der Waals surface area contributed by atoms with Gasteiger partial charge in [0, 0.05) is 19.0 Å². The summed E-state index contributed by atoms with van der Waals surface area (Å²) in [4.78, 5) is 33.3. The number of carbonyl (C=O) groups excluding carboxylic acids is 2. The van der Waals surface area contributed by atoms with Crippen molar-refractivity contribution in [2.24, 2.45) is 4.99 Å². The van der Waals surface area contributed by atoms with Crippen LogP contribution in [0.15, 0.2) is 52.5 Å². The molecule has 5 rings (SSSR count). The minimum atomic E-state index is -5.00. The average Bonchev–Trinajstić information content (AvgIpc) is 3.68. The molecule has 0 aliphatic carbocycles. The molecule has 16 heteroatoms. The standard InChI is InChI=1S/C31H31F6N5O4S/c1-29(2,3)46-28(45)41-15-21(12-22(41)16-43)40(4)27-39-26(44)25(47-27)10-17-5-8-24-19(9-17)13-38-42(24)14-18-6-7-20(30(32,33)34)11-23(18)31(35,36)37/h5-11,13,21-22,43H,12,14-16H2,1-4H3. The molecule has 3 aromatic rings. The van der Waals surface area contributed by atoms with Crippen molar-refractivity contribution in [1.29, 1.82) is 0 Å². The smallest absolute Gasteiger partial charge is 0.416 e. The molecule has 0 bridgehead atoms. The number of aliphatic hydroxyl groups is 1. The summed E-state index contributed by atoms with van der Waals surface area (Å²) in [5, 5.41) is 15.0. The van der Waals surface area contributed by atoms with Crippen LogP contribution >= 0.6 is 11.8 Å². The van der Waals surface area contributed by atoms with Gasteiger partial charge < -0.3 is 19.6 Å². The Bertz CT molecular complexity index is 1760. The van der Waals surface area contributed by atoms with Crippen LogP contribution in [-0.4, -0.2) is 79.7 Å². The number of nitrogens with zero attached hydrogens (tertiary/aromatic N) is 5. The number of halogens is 6. The number of fused-ring (bicyclic) bond motifs is 1. The Morgan fingerprint density at radius 2 is 1.83 bits per heavy atom. The molecule has 0 spiro atoms. The van der Waals surface area contributed by atoms with E-state index in [1.54, 1.807) is 57.0 Å². The van der Waals surface area contributed by atoms with E-state index in [9.17, 15) is 41.0 Å². The summed E-state index contributed by atoms with van der Waals surface area (Å²) in [6, 6.07) is 5.75. The van der Waals surface area contributed by atoms with Gasteiger partial charge in [0.05, 0.1) is 53.0 Å². The highest BCUT2D eigenvalue weighted by Crippen LogP contribution is 2.38. The van der Waals surface area contributed by atoms with Gasteiger partial charge in [-0.2, -0.15) is 36.4 Å². The average molecular weight is 684 g/mol. The zero-order valence-electron chi connectivity index (χ0n) is 25.7. The number of likely N-dealkylation sites (tertiary alicyclic amines) is 1. The summed E-state index contributed by atoms with van der Waals surface area (Å²) in [6.07, 6.45) is -6.99. The number of benzene rings is 2. The number of aromatic nitrogens is 2. The van der Waals surface area contributed by atoms with Crippen molar-refractivity contribution >= 4 is 45.9 Å². The molecule has 2 aliphatic heterocycles. The second kappa shape index (κ2) is 12.5. The van der Waals surface area contributed by atoms with Gasteiger partial charge in [-0.05, 0) is 80.4 Å². The molecule has 1 aromatic heterocycles. The number of rotatable bonds is 5. The van der Waals surface area contributed by atoms with Gasteiger partial charge in [-0.15, -0.1) is 0 Å². The molecule has 2 atom stereocenters. The summed E-state index contributed by atoms with van der Waals surface area (Å²) in [7, 11) is 1.75. The molecular formula is C31H31F6N5O4S. The number of hydrogen-bond donors (Lipinski definition) is 1. The van der Waals surface area contributed by atoms with Crippen LogP contribution in [-0.2, 0) is 28.4 Å². The van der Waals surface area contributed by atoms with Crippen LogP contribution in [0, 0.1) is 0 Å². The molecule has 9 nitrogen and oxygen atoms in total. The van der Waals surface area contributed by atoms with E-state index >= 15 is 0 Å². The van der Waals surface area contributed by atoms with Gasteiger partial charge in [-0.3, -0.25) is 9.48 Å². The van der Waals surface area contributed by atoms with Crippen molar-refractivity contribution in [3.05, 3.63) is 69.8 Å². The predicted molar refractivity (Wildman–Crippen MR) is 163 cm³/mol. The van der Waals surface area contributed by atoms with Crippen LogP contribution in [0.4, 0.5) is 31.1 Å². The quantitative estimate of drug-likeness (QED) is 0.246. The van der Waals surface area contributed by atoms with Gasteiger partial charge in [-0.25, -0.2) is 4.79 Å². The fourth-order valence-electron chi connectivity index (χ4n) is 5.38. The van der Waals surface area contributed by atoms with Crippen molar-refractivity contribution in [3.63, 3.8) is 0 Å². The summed E-state index contributed by atoms with van der Waals surface area (Å²) < 4.78 is 87.0. The molecule has 1 fully saturated rings. The Morgan fingerprint density at radius 3 is 2.47 bits per heavy atom. The third-order valence-electron chi connectivity index (χ3n) is 7.72. The summed E-state index contributed by atoms with van der Waals surface area (Å²) in [6.45, 7) is 4.85. The zero-order valence-corrected chi connectivity index (χ0v) is 26.5. The second-order valence-electron chi connectivity index (χ2n) is 12.3. The monoisotopic (exact) mass is 683 g/mol. The molecule has 47 heavy (non-hydrogen) atoms. The molecule has 2 amide bonds. The number of aliphatic imine (C=N–C) groups is 1. The lowest BCUT2D eigenvalue weighted by molar-refractivity contribution is -0.143. The van der Waals surface area contributed by atoms with Crippen LogP contribution in [0.3, 0.4) is 0 Å². The molecule has 0 saturated carbocycles. The first kappa shape index (κ1) is 34.3. The number of amidine groups is 1. The first-order valence-electron chi connectivity index (χ1n) is 14.4. The van der Waals surface area contributed by atoms with Crippen LogP contribution in [0.5, 0.6) is 0 Å². The molecule has 0 radical (unpaired) electrons. The molecule has 3 heterocycles. The molecule has 2 unspecified atom stereocenters. The molecule has 2 aromatic carbocycles. The van der Waals surface area contributed by atoms with Crippen LogP contribution in [0.2, 0.25) is 0 Å². The Kier molecular flexibility index (Phi) is 9.14. The molecule has 252 valence electrons. The number of hydrogen-bond acceptors (Lipinski definition) is 7. The van der Waals surface area contributed by atoms with Crippen LogP contribution < -0.4 is 0 Å². The second-order valence-corrected chi connectivity index (χ2v) is 13.3. The van der Waals surface area contributed by atoms with Gasteiger partial charge in [0.15, 0.2) is 5.17 Å². The number of alkyl halides is 6. The lowest BCUT2D eigenvalue weighted by Crippen LogP contribution is -2.42. The van der Waals surface area contributed by atoms with Gasteiger partial charge >= 0.3 is 18.4 Å². The summed E-state index contributed by atoms with van der Waals surface area (Å²) >= 11 is 1.14. The lowest BCUT2D eigenvalue weighted by atomic mass is 10.0. The highest BCUT2D eigenvalue weighted by atomic mass is 32.2. The Hall–Kier alpha value is -4.05. The van der Waals surface area contributed by atoms with E-state index in [0.29, 0.717) is 39.0 Å². The van der Waals surface area contributed by atoms with E-state index in [1.807, 2.05) is 0 Å². The van der Waals surface area contributed by atoms with Gasteiger partial charge in [0.1, 0.15) is 5.60 Å². The van der Waals surface area contributed by atoms with E-state index in [0.717, 1.165) is 17.8 Å². The maximum Gasteiger partial charge on any atom is 0.416 e. The molecular weight excluding hydrogens is 652 g/mol. The predicted octanol–water partition coefficient (Wildman–Crippen LogP) is 6.39. The van der Waals surface area contributed by atoms with Crippen molar-refractivity contribution < 1.29 is 45.8 Å². The fourth-order valence-corrected chi connectivity index (χ4v) is 6.33. The van der Waals surface area contributed by atoms with Crippen molar-refractivity contribution in [1.82, 2.24) is 19.6 Å². The first-order chi connectivity index (χ1) is 21.8. The van der Waals surface area contributed by atoms with Crippen LogP contribution in [0.1, 0.15) is 49.4 Å². The van der Waals surface area contributed by atoms with Crippen molar-refractivity contribution in [2.45, 2.75) is 63.8 Å². The van der Waals surface area contributed by atoms with E-state index in [4.69, 9.17) is 4.74 Å². The van der Waals surface area contributed by atoms with Gasteiger partial charge in [0.25, 0.3) is 5.91 Å². The number of ether oxygens (including phenoxy) is 1. The summed E-state index contributed by atoms with van der Waals surface area (Å²) in [5.41, 5.74) is -2.83. The molecule has 2 aliphatic rings. The maximum absolute atomic E-state index is 13.7. The Morgan fingerprint density at radius 1 is 1.11 bits per heavy atom. The fraction of sp³-hybridized carbons (Fsp3) is 0.419. The normalized spacial score (nSPS) is 20.0.